The van der Waals surface area contributed by atoms with Crippen LogP contribution in [0.3, 0.4) is 0 Å². The molecule has 0 N–H and O–H groups in total. The average molecular weight is 269 g/mol. The lowest BCUT2D eigenvalue weighted by atomic mass is 9.97. The second-order valence-corrected chi connectivity index (χ2v) is 5.48. The van der Waals surface area contributed by atoms with E-state index in [4.69, 9.17) is 4.74 Å². The molecule has 0 aromatic heterocycles. The van der Waals surface area contributed by atoms with Gasteiger partial charge in [-0.25, -0.2) is 0 Å². The molecule has 1 unspecified atom stereocenters. The molecule has 106 valence electrons. The number of para-hydroxylation sites is 1. The first-order valence-corrected chi connectivity index (χ1v) is 7.13. The summed E-state index contributed by atoms with van der Waals surface area (Å²) >= 11 is 0. The molecule has 2 nitrogen and oxygen atoms in total. The van der Waals surface area contributed by atoms with Crippen molar-refractivity contribution < 1.29 is 4.74 Å². The Kier molecular flexibility index (Phi) is 5.19. The third-order valence-electron chi connectivity index (χ3n) is 3.44. The van der Waals surface area contributed by atoms with Crippen LogP contribution in [-0.4, -0.2) is 25.5 Å². The van der Waals surface area contributed by atoms with Crippen LogP contribution in [0.5, 0.6) is 11.5 Å². The highest BCUT2D eigenvalue weighted by atomic mass is 16.5. The predicted octanol–water partition coefficient (Wildman–Crippen LogP) is 4.53. The molecule has 0 saturated carbocycles. The summed E-state index contributed by atoms with van der Waals surface area (Å²) in [7, 11) is 4.23. The minimum atomic E-state index is 0.572. The van der Waals surface area contributed by atoms with Crippen LogP contribution in [0.4, 0.5) is 0 Å². The Morgan fingerprint density at radius 1 is 0.900 bits per heavy atom. The van der Waals surface area contributed by atoms with E-state index in [9.17, 15) is 0 Å². The quantitative estimate of drug-likeness (QED) is 0.763. The highest BCUT2D eigenvalue weighted by molar-refractivity contribution is 5.33. The monoisotopic (exact) mass is 269 g/mol. The number of nitrogens with zero attached hydrogens (tertiary/aromatic N) is 1. The largest absolute Gasteiger partial charge is 0.457 e. The van der Waals surface area contributed by atoms with E-state index in [-0.39, 0.29) is 0 Å². The minimum Gasteiger partial charge on any atom is -0.457 e. The first-order chi connectivity index (χ1) is 9.65. The zero-order valence-electron chi connectivity index (χ0n) is 12.5. The predicted molar refractivity (Wildman–Crippen MR) is 84.5 cm³/mol. The Hall–Kier alpha value is -1.80. The zero-order chi connectivity index (χ0) is 14.4. The van der Waals surface area contributed by atoms with Crippen LogP contribution in [0.25, 0.3) is 0 Å². The molecule has 20 heavy (non-hydrogen) atoms. The molecule has 0 saturated heterocycles. The fraction of sp³-hybridized carbons (Fsp3) is 0.333. The fourth-order valence-electron chi connectivity index (χ4n) is 2.11. The van der Waals surface area contributed by atoms with E-state index in [2.05, 4.69) is 50.2 Å². The maximum atomic E-state index is 5.80. The normalized spacial score (nSPS) is 12.4. The fourth-order valence-corrected chi connectivity index (χ4v) is 2.11. The summed E-state index contributed by atoms with van der Waals surface area (Å²) in [6, 6.07) is 18.3. The molecule has 0 amide bonds. The first-order valence-electron chi connectivity index (χ1n) is 7.13. The van der Waals surface area contributed by atoms with E-state index >= 15 is 0 Å². The van der Waals surface area contributed by atoms with Crippen molar-refractivity contribution in [3.8, 4) is 11.5 Å². The summed E-state index contributed by atoms with van der Waals surface area (Å²) in [6.45, 7) is 3.39. The van der Waals surface area contributed by atoms with Crippen LogP contribution in [0.2, 0.25) is 0 Å². The van der Waals surface area contributed by atoms with Crippen molar-refractivity contribution >= 4 is 0 Å². The van der Waals surface area contributed by atoms with Gasteiger partial charge < -0.3 is 9.64 Å². The first kappa shape index (κ1) is 14.6. The molecule has 0 aliphatic carbocycles. The smallest absolute Gasteiger partial charge is 0.127 e. The van der Waals surface area contributed by atoms with E-state index in [1.165, 1.54) is 12.0 Å². The Labute approximate surface area is 122 Å². The lowest BCUT2D eigenvalue weighted by Crippen LogP contribution is -2.14. The summed E-state index contributed by atoms with van der Waals surface area (Å²) in [4.78, 5) is 2.23. The van der Waals surface area contributed by atoms with Gasteiger partial charge in [-0.05, 0) is 62.8 Å². The van der Waals surface area contributed by atoms with Crippen LogP contribution in [0.1, 0.15) is 24.8 Å². The van der Waals surface area contributed by atoms with E-state index in [1.807, 2.05) is 30.3 Å². The molecule has 0 spiro atoms. The summed E-state index contributed by atoms with van der Waals surface area (Å²) in [5.74, 6) is 2.34. The van der Waals surface area contributed by atoms with Gasteiger partial charge in [0.1, 0.15) is 11.5 Å². The lowest BCUT2D eigenvalue weighted by molar-refractivity contribution is 0.386. The van der Waals surface area contributed by atoms with Gasteiger partial charge in [0, 0.05) is 0 Å². The van der Waals surface area contributed by atoms with E-state index < -0.39 is 0 Å². The Bertz CT molecular complexity index is 505. The third kappa shape index (κ3) is 4.39. The summed E-state index contributed by atoms with van der Waals surface area (Å²) < 4.78 is 5.80. The van der Waals surface area contributed by atoms with Gasteiger partial charge in [-0.2, -0.15) is 0 Å². The van der Waals surface area contributed by atoms with Gasteiger partial charge in [0.2, 0.25) is 0 Å². The van der Waals surface area contributed by atoms with E-state index in [0.717, 1.165) is 18.0 Å². The van der Waals surface area contributed by atoms with Gasteiger partial charge in [-0.15, -0.1) is 0 Å². The van der Waals surface area contributed by atoms with Gasteiger partial charge in [0.25, 0.3) is 0 Å². The molecule has 0 bridgehead atoms. The van der Waals surface area contributed by atoms with Crippen LogP contribution in [0.15, 0.2) is 54.6 Å². The highest BCUT2D eigenvalue weighted by Gasteiger charge is 2.06. The second kappa shape index (κ2) is 7.11. The van der Waals surface area contributed by atoms with Gasteiger partial charge >= 0.3 is 0 Å². The minimum absolute atomic E-state index is 0.572. The second-order valence-electron chi connectivity index (χ2n) is 5.48. The van der Waals surface area contributed by atoms with Crippen molar-refractivity contribution in [3.63, 3.8) is 0 Å². The van der Waals surface area contributed by atoms with Crippen molar-refractivity contribution in [1.82, 2.24) is 4.90 Å². The van der Waals surface area contributed by atoms with E-state index in [1.54, 1.807) is 0 Å². The molecular weight excluding hydrogens is 246 g/mol. The topological polar surface area (TPSA) is 12.5 Å². The summed E-state index contributed by atoms with van der Waals surface area (Å²) in [6.07, 6.45) is 1.17. The average Bonchev–Trinajstić information content (AvgIpc) is 2.46. The van der Waals surface area contributed by atoms with Crippen LogP contribution < -0.4 is 4.74 Å². The van der Waals surface area contributed by atoms with E-state index in [0.29, 0.717) is 5.92 Å². The molecule has 2 aromatic rings. The SMILES string of the molecule is CC(CCN(C)C)c1ccc(Oc2ccccc2)cc1. The Balaban J connectivity index is 1.96. The van der Waals surface area contributed by atoms with Gasteiger partial charge in [-0.1, -0.05) is 37.3 Å². The molecule has 2 heteroatoms. The van der Waals surface area contributed by atoms with Crippen LogP contribution in [-0.2, 0) is 0 Å². The number of rotatable bonds is 6. The van der Waals surface area contributed by atoms with Gasteiger partial charge in [-0.3, -0.25) is 0 Å². The number of hydrogen-bond donors (Lipinski definition) is 0. The molecule has 0 heterocycles. The molecular formula is C18H23NO. The highest BCUT2D eigenvalue weighted by Crippen LogP contribution is 2.25. The molecule has 1 atom stereocenters. The standard InChI is InChI=1S/C18H23NO/c1-15(13-14-19(2)3)16-9-11-18(12-10-16)20-17-7-5-4-6-8-17/h4-12,15H,13-14H2,1-3H3. The van der Waals surface area contributed by atoms with Crippen molar-refractivity contribution in [2.24, 2.45) is 0 Å². The van der Waals surface area contributed by atoms with Crippen molar-refractivity contribution in [2.75, 3.05) is 20.6 Å². The molecule has 2 aromatic carbocycles. The Morgan fingerprint density at radius 2 is 1.50 bits per heavy atom. The maximum Gasteiger partial charge on any atom is 0.127 e. The molecule has 0 fully saturated rings. The van der Waals surface area contributed by atoms with Crippen molar-refractivity contribution in [2.45, 2.75) is 19.3 Å². The van der Waals surface area contributed by atoms with Crippen LogP contribution in [0, 0.1) is 0 Å². The van der Waals surface area contributed by atoms with Crippen LogP contribution >= 0.6 is 0 Å². The molecule has 2 rings (SSSR count). The number of ether oxygens (including phenoxy) is 1. The van der Waals surface area contributed by atoms with Gasteiger partial charge in [0.05, 0.1) is 0 Å². The van der Waals surface area contributed by atoms with Gasteiger partial charge in [0.15, 0.2) is 0 Å². The maximum absolute atomic E-state index is 5.80. The summed E-state index contributed by atoms with van der Waals surface area (Å²) in [5, 5.41) is 0. The van der Waals surface area contributed by atoms with Crippen molar-refractivity contribution in [1.29, 1.82) is 0 Å². The molecule has 0 aliphatic heterocycles. The third-order valence-corrected chi connectivity index (χ3v) is 3.44. The Morgan fingerprint density at radius 3 is 2.10 bits per heavy atom. The number of hydrogen-bond acceptors (Lipinski definition) is 2. The molecule has 0 aliphatic rings. The van der Waals surface area contributed by atoms with Crippen molar-refractivity contribution in [3.05, 3.63) is 60.2 Å². The number of benzene rings is 2. The summed E-state index contributed by atoms with van der Waals surface area (Å²) in [5.41, 5.74) is 1.37. The zero-order valence-corrected chi connectivity index (χ0v) is 12.5. The lowest BCUT2D eigenvalue weighted by Gasteiger charge is -2.16. The molecule has 0 radical (unpaired) electrons.